The van der Waals surface area contributed by atoms with Crippen LogP contribution in [-0.4, -0.2) is 44.3 Å². The largest absolute Gasteiger partial charge is 0.457 e. The molecule has 236 valence electrons. The maximum atomic E-state index is 14.0. The van der Waals surface area contributed by atoms with Gasteiger partial charge in [-0.05, 0) is 103 Å². The molecule has 2 heterocycles. The average Bonchev–Trinajstić information content (AvgIpc) is 3.64. The van der Waals surface area contributed by atoms with Gasteiger partial charge in [-0.1, -0.05) is 38.1 Å². The van der Waals surface area contributed by atoms with E-state index in [-0.39, 0.29) is 46.7 Å². The van der Waals surface area contributed by atoms with E-state index in [0.29, 0.717) is 30.7 Å². The van der Waals surface area contributed by atoms with Gasteiger partial charge in [0, 0.05) is 5.41 Å². The van der Waals surface area contributed by atoms with Crippen LogP contribution in [-0.2, 0) is 9.53 Å². The van der Waals surface area contributed by atoms with E-state index >= 15 is 0 Å². The van der Waals surface area contributed by atoms with Crippen molar-refractivity contribution in [3.05, 3.63) is 71.9 Å². The normalized spacial score (nSPS) is 37.2. The highest BCUT2D eigenvalue weighted by molar-refractivity contribution is 8.14. The molecule has 3 fully saturated rings. The van der Waals surface area contributed by atoms with Crippen LogP contribution in [0.4, 0.5) is 10.1 Å². The van der Waals surface area contributed by atoms with E-state index in [4.69, 9.17) is 19.9 Å². The maximum absolute atomic E-state index is 14.0. The SMILES string of the molecule is C[C@H]1C[C@@H]2C(C(O)C[C@@]3(C)C2CC[C@]3(OC(=O)c2ccco2)C(=O)SCC#N)[C@@]2(C)CC(=CN)C(=Nc3ccc(F)nc3)C=C12. The zero-order valence-corrected chi connectivity index (χ0v) is 26.4. The standard InChI is InChI=1S/C34H37FN4O5S/c1-19-13-22-23-8-9-34(31(42)45-12-10-36,44-30(41)27-5-4-11-43-27)33(23,3)16-26(40)29(22)32(2)15-20(17-37)25(14-24(19)32)39-21-6-7-28(35)38-18-21/h4-7,11,14,17-19,22-23,26,29,40H,8-9,12-13,15-16,37H2,1-3H3/t19-,22-,23?,26?,29?,32-,33-,34-/m0/s1. The van der Waals surface area contributed by atoms with E-state index in [1.165, 1.54) is 30.2 Å². The first-order chi connectivity index (χ1) is 21.5. The van der Waals surface area contributed by atoms with Gasteiger partial charge in [0.05, 0.1) is 41.8 Å². The minimum absolute atomic E-state index is 0.000449. The fourth-order valence-electron chi connectivity index (χ4n) is 9.30. The lowest BCUT2D eigenvalue weighted by Gasteiger charge is -2.62. The van der Waals surface area contributed by atoms with Crippen LogP contribution in [0.15, 0.2) is 69.6 Å². The van der Waals surface area contributed by atoms with Crippen molar-refractivity contribution in [2.75, 3.05) is 5.75 Å². The third-order valence-corrected chi connectivity index (χ3v) is 11.9. The number of pyridine rings is 1. The predicted octanol–water partition coefficient (Wildman–Crippen LogP) is 5.90. The minimum Gasteiger partial charge on any atom is -0.457 e. The van der Waals surface area contributed by atoms with E-state index in [9.17, 15) is 24.3 Å². The first-order valence-electron chi connectivity index (χ1n) is 15.3. The molecule has 3 saturated carbocycles. The molecule has 0 amide bonds. The molecule has 9 nitrogen and oxygen atoms in total. The number of fused-ring (bicyclic) bond motifs is 5. The van der Waals surface area contributed by atoms with Crippen molar-refractivity contribution < 1.29 is 28.2 Å². The van der Waals surface area contributed by atoms with Gasteiger partial charge in [-0.15, -0.1) is 0 Å². The van der Waals surface area contributed by atoms with Gasteiger partial charge >= 0.3 is 5.97 Å². The van der Waals surface area contributed by atoms with E-state index in [2.05, 4.69) is 24.9 Å². The van der Waals surface area contributed by atoms with Crippen LogP contribution in [0.25, 0.3) is 0 Å². The third kappa shape index (κ3) is 4.93. The van der Waals surface area contributed by atoms with Gasteiger partial charge in [-0.2, -0.15) is 9.65 Å². The molecular formula is C34H37FN4O5S. The molecule has 3 N–H and O–H groups in total. The Kier molecular flexibility index (Phi) is 8.02. The number of thioether (sulfide) groups is 1. The first-order valence-corrected chi connectivity index (χ1v) is 16.3. The number of aromatic nitrogens is 1. The third-order valence-electron chi connectivity index (χ3n) is 11.1. The minimum atomic E-state index is -1.52. The van der Waals surface area contributed by atoms with Crippen LogP contribution in [0, 0.1) is 51.8 Å². The Labute approximate surface area is 265 Å². The fourth-order valence-corrected chi connectivity index (χ4v) is 10.1. The summed E-state index contributed by atoms with van der Waals surface area (Å²) < 4.78 is 24.9. The van der Waals surface area contributed by atoms with Crippen molar-refractivity contribution in [3.63, 3.8) is 0 Å². The molecule has 2 aromatic rings. The number of aliphatic imine (C=N–C) groups is 1. The smallest absolute Gasteiger partial charge is 0.375 e. The Morgan fingerprint density at radius 3 is 2.82 bits per heavy atom. The molecule has 0 radical (unpaired) electrons. The number of aliphatic hydroxyl groups excluding tert-OH is 1. The number of nitrogens with two attached hydrogens (primary N) is 1. The van der Waals surface area contributed by atoms with E-state index in [0.717, 1.165) is 23.8 Å². The summed E-state index contributed by atoms with van der Waals surface area (Å²) in [5, 5.41) is 21.0. The van der Waals surface area contributed by atoms with Crippen molar-refractivity contribution >= 4 is 34.2 Å². The summed E-state index contributed by atoms with van der Waals surface area (Å²) in [7, 11) is 0. The Morgan fingerprint density at radius 1 is 1.36 bits per heavy atom. The van der Waals surface area contributed by atoms with Crippen molar-refractivity contribution in [1.82, 2.24) is 4.98 Å². The summed E-state index contributed by atoms with van der Waals surface area (Å²) >= 11 is 0.861. The molecule has 3 unspecified atom stereocenters. The van der Waals surface area contributed by atoms with Gasteiger partial charge in [-0.3, -0.25) is 4.79 Å². The van der Waals surface area contributed by atoms with Gasteiger partial charge in [0.2, 0.25) is 16.8 Å². The van der Waals surface area contributed by atoms with Crippen LogP contribution < -0.4 is 5.73 Å². The molecule has 0 spiro atoms. The van der Waals surface area contributed by atoms with E-state index in [1.807, 2.05) is 13.0 Å². The second kappa shape index (κ2) is 11.6. The number of nitrogens with zero attached hydrogens (tertiary/aromatic N) is 3. The molecule has 4 aliphatic rings. The molecule has 6 rings (SSSR count). The number of allylic oxidation sites excluding steroid dienone is 3. The predicted molar refractivity (Wildman–Crippen MR) is 167 cm³/mol. The molecule has 0 bridgehead atoms. The quantitative estimate of drug-likeness (QED) is 0.303. The zero-order valence-electron chi connectivity index (χ0n) is 25.5. The lowest BCUT2D eigenvalue weighted by Crippen LogP contribution is -2.63. The van der Waals surface area contributed by atoms with Crippen LogP contribution in [0.1, 0.15) is 63.4 Å². The highest BCUT2D eigenvalue weighted by Crippen LogP contribution is 2.69. The number of carbonyl (C=O) groups excluding carboxylic acids is 2. The number of rotatable bonds is 5. The zero-order chi connectivity index (χ0) is 32.1. The molecule has 2 aromatic heterocycles. The molecule has 4 aliphatic carbocycles. The van der Waals surface area contributed by atoms with E-state index in [1.54, 1.807) is 18.3 Å². The number of furan rings is 1. The lowest BCUT2D eigenvalue weighted by molar-refractivity contribution is -0.177. The van der Waals surface area contributed by atoms with Crippen LogP contribution in [0.2, 0.25) is 0 Å². The van der Waals surface area contributed by atoms with Crippen LogP contribution in [0.3, 0.4) is 0 Å². The second-order valence-electron chi connectivity index (χ2n) is 13.3. The number of ether oxygens (including phenoxy) is 1. The van der Waals surface area contributed by atoms with Crippen LogP contribution in [0.5, 0.6) is 0 Å². The fraction of sp³-hybridized carbons (Fsp3) is 0.500. The number of aliphatic hydroxyl groups is 1. The molecule has 8 atom stereocenters. The summed E-state index contributed by atoms with van der Waals surface area (Å²) in [6.07, 6.45) is 8.12. The second-order valence-corrected chi connectivity index (χ2v) is 14.3. The number of halogens is 1. The lowest BCUT2D eigenvalue weighted by atomic mass is 9.44. The Balaban J connectivity index is 1.38. The van der Waals surface area contributed by atoms with Crippen molar-refractivity contribution in [2.45, 2.75) is 64.6 Å². The molecule has 0 aliphatic heterocycles. The number of esters is 1. The molecular weight excluding hydrogens is 595 g/mol. The van der Waals surface area contributed by atoms with E-state index < -0.39 is 34.5 Å². The summed E-state index contributed by atoms with van der Waals surface area (Å²) in [5.41, 5.74) is 6.56. The van der Waals surface area contributed by atoms with Crippen molar-refractivity contribution in [3.8, 4) is 6.07 Å². The van der Waals surface area contributed by atoms with Gasteiger partial charge < -0.3 is 20.0 Å². The molecule has 11 heteroatoms. The van der Waals surface area contributed by atoms with Gasteiger partial charge in [0.1, 0.15) is 0 Å². The number of hydrogen-bond donors (Lipinski definition) is 2. The average molecular weight is 633 g/mol. The van der Waals surface area contributed by atoms with Gasteiger partial charge in [0.25, 0.3) is 0 Å². The summed E-state index contributed by atoms with van der Waals surface area (Å²) in [4.78, 5) is 35.7. The van der Waals surface area contributed by atoms with Gasteiger partial charge in [-0.25, -0.2) is 14.8 Å². The molecule has 45 heavy (non-hydrogen) atoms. The first kappa shape index (κ1) is 31.2. The highest BCUT2D eigenvalue weighted by Gasteiger charge is 2.71. The molecule has 0 aromatic carbocycles. The Bertz CT molecular complexity index is 1630. The van der Waals surface area contributed by atoms with Gasteiger partial charge in [0.15, 0.2) is 5.60 Å². The maximum Gasteiger partial charge on any atom is 0.375 e. The Morgan fingerprint density at radius 2 is 2.16 bits per heavy atom. The summed E-state index contributed by atoms with van der Waals surface area (Å²) in [6.45, 7) is 6.33. The van der Waals surface area contributed by atoms with Crippen LogP contribution >= 0.6 is 11.8 Å². The highest BCUT2D eigenvalue weighted by atomic mass is 32.2. The monoisotopic (exact) mass is 632 g/mol. The van der Waals surface area contributed by atoms with Crippen molar-refractivity contribution in [2.24, 2.45) is 45.2 Å². The Hall–Kier alpha value is -3.75. The number of hydrogen-bond acceptors (Lipinski definition) is 10. The number of carbonyl (C=O) groups is 2. The summed E-state index contributed by atoms with van der Waals surface area (Å²) in [5.74, 6) is -1.37. The van der Waals surface area contributed by atoms with Crippen molar-refractivity contribution in [1.29, 1.82) is 5.26 Å². The topological polar surface area (TPSA) is 152 Å². The molecule has 0 saturated heterocycles. The number of nitriles is 1. The summed E-state index contributed by atoms with van der Waals surface area (Å²) in [6, 6.07) is 7.94.